The Labute approximate surface area is 71.9 Å². The number of hydrogen-bond donors (Lipinski definition) is 0. The van der Waals surface area contributed by atoms with Crippen LogP contribution in [0.2, 0.25) is 0 Å². The van der Waals surface area contributed by atoms with Crippen molar-refractivity contribution in [2.45, 2.75) is 6.92 Å². The van der Waals surface area contributed by atoms with Crippen LogP contribution in [0, 0.1) is 12.2 Å². The van der Waals surface area contributed by atoms with Crippen LogP contribution in [0.15, 0.2) is 30.3 Å². The molecule has 0 heterocycles. The molecular weight excluding hydrogens is 181 g/mol. The summed E-state index contributed by atoms with van der Waals surface area (Å²) in [5.41, 5.74) is 1.07. The van der Waals surface area contributed by atoms with Gasteiger partial charge in [0.05, 0.1) is 0 Å². The second-order valence-corrected chi connectivity index (χ2v) is 4.49. The minimum absolute atomic E-state index is 0.979. The molecule has 1 aromatic carbocycles. The van der Waals surface area contributed by atoms with Gasteiger partial charge in [0.15, 0.2) is 0 Å². The van der Waals surface area contributed by atoms with Gasteiger partial charge in [0.2, 0.25) is 0 Å². The van der Waals surface area contributed by atoms with Crippen LogP contribution in [0.4, 0.5) is 0 Å². The Morgan fingerprint density at radius 3 is 1.90 bits per heavy atom. The van der Waals surface area contributed by atoms with Crippen LogP contribution in [0.3, 0.4) is 0 Å². The third kappa shape index (κ3) is 5.89. The fourth-order valence-corrected chi connectivity index (χ4v) is 0.478. The third-order valence-corrected chi connectivity index (χ3v) is 0.843. The van der Waals surface area contributed by atoms with Gasteiger partial charge in [0.25, 0.3) is 0 Å². The number of benzene rings is 1. The van der Waals surface area contributed by atoms with E-state index in [0.717, 1.165) is 22.1 Å². The van der Waals surface area contributed by atoms with Crippen LogP contribution in [0.25, 0.3) is 0 Å². The summed E-state index contributed by atoms with van der Waals surface area (Å²) in [4.78, 5) is 0. The largest absolute Gasteiger partial charge is 0.0622 e. The van der Waals surface area contributed by atoms with Gasteiger partial charge < -0.3 is 0 Å². The molecule has 1 aromatic rings. The molecule has 10 heavy (non-hydrogen) atoms. The van der Waals surface area contributed by atoms with Gasteiger partial charge in [-0.1, -0.05) is 30.3 Å². The second-order valence-electron chi connectivity index (χ2n) is 2.06. The molecule has 0 spiro atoms. The minimum Gasteiger partial charge on any atom is -0.0622 e. The molecule has 0 aliphatic carbocycles. The van der Waals surface area contributed by atoms with Crippen LogP contribution in [-0.2, 0) is 0 Å². The van der Waals surface area contributed by atoms with Gasteiger partial charge >= 0.3 is 28.7 Å². The SMILES string of the molecule is C[CH][GeH3].[CH2]c1ccccc1. The molecule has 0 saturated carbocycles. The Morgan fingerprint density at radius 1 is 1.30 bits per heavy atom. The maximum atomic E-state index is 3.72. The van der Waals surface area contributed by atoms with E-state index in [1.807, 2.05) is 30.3 Å². The first kappa shape index (κ1) is 9.76. The molecule has 0 aliphatic rings. The fraction of sp³-hybridized carbons (Fsp3) is 0.111. The van der Waals surface area contributed by atoms with Crippen molar-refractivity contribution in [2.75, 3.05) is 0 Å². The molecule has 0 unspecified atom stereocenters. The summed E-state index contributed by atoms with van der Waals surface area (Å²) in [6.07, 6.45) is 0. The Balaban J connectivity index is 0.000000236. The summed E-state index contributed by atoms with van der Waals surface area (Å²) >= 11 is 0.979. The van der Waals surface area contributed by atoms with E-state index < -0.39 is 0 Å². The predicted octanol–water partition coefficient (Wildman–Crippen LogP) is 1.40. The minimum atomic E-state index is 0.979. The van der Waals surface area contributed by atoms with E-state index in [1.165, 1.54) is 0 Å². The molecule has 1 rings (SSSR count). The molecule has 0 saturated heterocycles. The average molecular weight is 195 g/mol. The van der Waals surface area contributed by atoms with Gasteiger partial charge in [-0.2, -0.15) is 0 Å². The molecular formula is C9H14Ge. The van der Waals surface area contributed by atoms with Gasteiger partial charge in [-0.05, 0) is 12.5 Å². The zero-order valence-electron chi connectivity index (χ0n) is 6.67. The molecule has 0 nitrogen and oxygen atoms in total. The molecule has 54 valence electrons. The first-order valence-electron chi connectivity index (χ1n) is 3.42. The summed E-state index contributed by atoms with van der Waals surface area (Å²) in [7, 11) is 0. The van der Waals surface area contributed by atoms with Gasteiger partial charge in [0.1, 0.15) is 0 Å². The van der Waals surface area contributed by atoms with Gasteiger partial charge in [0, 0.05) is 0 Å². The molecule has 2 radical (unpaired) electrons. The zero-order chi connectivity index (χ0) is 7.82. The Hall–Kier alpha value is -0.237. The second kappa shape index (κ2) is 6.88. The van der Waals surface area contributed by atoms with E-state index in [4.69, 9.17) is 0 Å². The van der Waals surface area contributed by atoms with Crippen molar-refractivity contribution >= 4 is 16.5 Å². The van der Waals surface area contributed by atoms with Crippen LogP contribution in [-0.4, -0.2) is 16.5 Å². The van der Waals surface area contributed by atoms with Crippen molar-refractivity contribution in [3.05, 3.63) is 48.1 Å². The van der Waals surface area contributed by atoms with Crippen molar-refractivity contribution in [3.63, 3.8) is 0 Å². The van der Waals surface area contributed by atoms with E-state index in [0.29, 0.717) is 0 Å². The van der Waals surface area contributed by atoms with Crippen molar-refractivity contribution in [1.82, 2.24) is 0 Å². The summed E-state index contributed by atoms with van der Waals surface area (Å²) < 4.78 is 0. The Morgan fingerprint density at radius 2 is 1.70 bits per heavy atom. The normalized spacial score (nSPS) is 8.20. The molecule has 1 heteroatoms. The maximum Gasteiger partial charge on any atom is -0.0238 e. The van der Waals surface area contributed by atoms with E-state index in [9.17, 15) is 0 Å². The van der Waals surface area contributed by atoms with Crippen molar-refractivity contribution in [3.8, 4) is 0 Å². The van der Waals surface area contributed by atoms with Gasteiger partial charge in [-0.15, -0.1) is 0 Å². The molecule has 0 aromatic heterocycles. The van der Waals surface area contributed by atoms with E-state index in [-0.39, 0.29) is 0 Å². The van der Waals surface area contributed by atoms with E-state index >= 15 is 0 Å². The maximum absolute atomic E-state index is 3.72. The Kier molecular flexibility index (Phi) is 6.71. The topological polar surface area (TPSA) is 0 Å². The van der Waals surface area contributed by atoms with Crippen molar-refractivity contribution < 1.29 is 0 Å². The van der Waals surface area contributed by atoms with E-state index in [1.54, 1.807) is 0 Å². The van der Waals surface area contributed by atoms with Crippen LogP contribution >= 0.6 is 0 Å². The standard InChI is InChI=1S/C7H7.C2H7Ge/c1-7-5-3-2-4-6-7;1-2-3/h2-6H,1H2;2H,1,3H3. The third-order valence-electron chi connectivity index (χ3n) is 0.843. The molecule has 0 atom stereocenters. The molecule has 0 bridgehead atoms. The van der Waals surface area contributed by atoms with Gasteiger partial charge in [-0.25, -0.2) is 0 Å². The number of hydrogen-bond acceptors (Lipinski definition) is 0. The van der Waals surface area contributed by atoms with Crippen LogP contribution < -0.4 is 0 Å². The van der Waals surface area contributed by atoms with E-state index in [2.05, 4.69) is 19.1 Å². The van der Waals surface area contributed by atoms with Crippen LogP contribution in [0.5, 0.6) is 0 Å². The first-order chi connectivity index (χ1) is 4.81. The predicted molar refractivity (Wildman–Crippen MR) is 50.8 cm³/mol. The molecule has 0 N–H and O–H groups in total. The first-order valence-corrected chi connectivity index (χ1v) is 5.84. The van der Waals surface area contributed by atoms with Crippen molar-refractivity contribution in [1.29, 1.82) is 0 Å². The fourth-order valence-electron chi connectivity index (χ4n) is 0.478. The van der Waals surface area contributed by atoms with Crippen molar-refractivity contribution in [2.24, 2.45) is 0 Å². The average Bonchev–Trinajstić information content (AvgIpc) is 1.91. The molecule has 0 aliphatic heterocycles. The quantitative estimate of drug-likeness (QED) is 0.548. The number of rotatable bonds is 0. The summed E-state index contributed by atoms with van der Waals surface area (Å²) in [6, 6.07) is 9.87. The molecule has 0 amide bonds. The van der Waals surface area contributed by atoms with Gasteiger partial charge in [-0.3, -0.25) is 0 Å². The summed E-state index contributed by atoms with van der Waals surface area (Å²) in [5, 5.41) is 2.19. The molecule has 0 fully saturated rings. The van der Waals surface area contributed by atoms with Crippen LogP contribution in [0.1, 0.15) is 12.5 Å². The summed E-state index contributed by atoms with van der Waals surface area (Å²) in [6.45, 7) is 5.80. The smallest absolute Gasteiger partial charge is 0.0238 e. The Bertz CT molecular complexity index is 146. The monoisotopic (exact) mass is 196 g/mol. The summed E-state index contributed by atoms with van der Waals surface area (Å²) in [5.74, 6) is 0. The zero-order valence-corrected chi connectivity index (χ0v) is 10.9.